The number of carbonyl (C=O) groups is 1. The van der Waals surface area contributed by atoms with Crippen molar-refractivity contribution in [2.45, 2.75) is 30.8 Å². The molecule has 21 heavy (non-hydrogen) atoms. The molecule has 116 valence electrons. The van der Waals surface area contributed by atoms with Gasteiger partial charge < -0.3 is 10.0 Å². The summed E-state index contributed by atoms with van der Waals surface area (Å²) in [5.74, 6) is -0.146. The number of hydrogen-bond donors (Lipinski definition) is 1. The van der Waals surface area contributed by atoms with Gasteiger partial charge in [-0.2, -0.15) is 0 Å². The van der Waals surface area contributed by atoms with E-state index in [9.17, 15) is 18.3 Å². The van der Waals surface area contributed by atoms with E-state index in [1.807, 2.05) is 0 Å². The van der Waals surface area contributed by atoms with Crippen LogP contribution in [0.15, 0.2) is 23.1 Å². The minimum absolute atomic E-state index is 0.0667. The van der Waals surface area contributed by atoms with E-state index in [1.54, 1.807) is 24.0 Å². The van der Waals surface area contributed by atoms with Crippen LogP contribution in [0.4, 0.5) is 5.69 Å². The summed E-state index contributed by atoms with van der Waals surface area (Å²) in [7, 11) is -0.491. The average molecular weight is 312 g/mol. The number of fused-ring (bicyclic) bond motifs is 1. The molecule has 6 nitrogen and oxygen atoms in total. The SMILES string of the molecule is CC(O)CC(=O)N1CCc2cc(S(=O)(=O)N(C)C)ccc21. The Kier molecular flexibility index (Phi) is 4.36. The first kappa shape index (κ1) is 15.9. The van der Waals surface area contributed by atoms with Crippen molar-refractivity contribution in [2.75, 3.05) is 25.5 Å². The molecule has 0 bridgehead atoms. The highest BCUT2D eigenvalue weighted by molar-refractivity contribution is 7.89. The Balaban J connectivity index is 2.31. The van der Waals surface area contributed by atoms with Crippen LogP contribution >= 0.6 is 0 Å². The van der Waals surface area contributed by atoms with Gasteiger partial charge in [-0.15, -0.1) is 0 Å². The molecule has 0 radical (unpaired) electrons. The fraction of sp³-hybridized carbons (Fsp3) is 0.500. The second kappa shape index (κ2) is 5.75. The lowest BCUT2D eigenvalue weighted by molar-refractivity contribution is -0.120. The second-order valence-corrected chi connectivity index (χ2v) is 7.58. The van der Waals surface area contributed by atoms with Crippen molar-refractivity contribution in [3.05, 3.63) is 23.8 Å². The molecule has 2 rings (SSSR count). The van der Waals surface area contributed by atoms with E-state index in [0.717, 1.165) is 11.3 Å². The Labute approximate surface area is 125 Å². The zero-order valence-electron chi connectivity index (χ0n) is 12.4. The fourth-order valence-electron chi connectivity index (χ4n) is 2.37. The lowest BCUT2D eigenvalue weighted by Crippen LogP contribution is -2.31. The molecule has 0 fully saturated rings. The summed E-state index contributed by atoms with van der Waals surface area (Å²) < 4.78 is 25.4. The fourth-order valence-corrected chi connectivity index (χ4v) is 3.32. The van der Waals surface area contributed by atoms with Crippen molar-refractivity contribution in [1.82, 2.24) is 4.31 Å². The standard InChI is InChI=1S/C14H20N2O4S/c1-10(17)8-14(18)16-7-6-11-9-12(4-5-13(11)16)21(19,20)15(2)3/h4-5,9-10,17H,6-8H2,1-3H3. The van der Waals surface area contributed by atoms with E-state index >= 15 is 0 Å². The molecule has 0 saturated carbocycles. The number of rotatable bonds is 4. The quantitative estimate of drug-likeness (QED) is 0.883. The van der Waals surface area contributed by atoms with Crippen LogP contribution in [0, 0.1) is 0 Å². The molecular weight excluding hydrogens is 292 g/mol. The second-order valence-electron chi connectivity index (χ2n) is 5.43. The summed E-state index contributed by atoms with van der Waals surface area (Å²) in [4.78, 5) is 13.9. The molecule has 0 saturated heterocycles. The van der Waals surface area contributed by atoms with Gasteiger partial charge in [0, 0.05) is 26.3 Å². The lowest BCUT2D eigenvalue weighted by atomic mass is 10.2. The third-order valence-corrected chi connectivity index (χ3v) is 5.31. The van der Waals surface area contributed by atoms with E-state index in [4.69, 9.17) is 0 Å². The van der Waals surface area contributed by atoms with Gasteiger partial charge >= 0.3 is 0 Å². The van der Waals surface area contributed by atoms with Gasteiger partial charge in [0.2, 0.25) is 15.9 Å². The van der Waals surface area contributed by atoms with Gasteiger partial charge in [-0.3, -0.25) is 4.79 Å². The van der Waals surface area contributed by atoms with Crippen LogP contribution in [-0.4, -0.2) is 50.5 Å². The van der Waals surface area contributed by atoms with E-state index in [0.29, 0.717) is 13.0 Å². The molecule has 1 aromatic rings. The lowest BCUT2D eigenvalue weighted by Gasteiger charge is -2.19. The van der Waals surface area contributed by atoms with Crippen molar-refractivity contribution < 1.29 is 18.3 Å². The monoisotopic (exact) mass is 312 g/mol. The predicted octanol–water partition coefficient (Wildman–Crippen LogP) is 0.597. The first-order valence-corrected chi connectivity index (χ1v) is 8.21. The number of nitrogens with zero attached hydrogens (tertiary/aromatic N) is 2. The number of aliphatic hydroxyl groups excluding tert-OH is 1. The summed E-state index contributed by atoms with van der Waals surface area (Å²) in [6.45, 7) is 2.09. The summed E-state index contributed by atoms with van der Waals surface area (Å²) in [6, 6.07) is 4.81. The average Bonchev–Trinajstić information content (AvgIpc) is 2.80. The van der Waals surface area contributed by atoms with E-state index in [2.05, 4.69) is 0 Å². The summed E-state index contributed by atoms with van der Waals surface area (Å²) in [6.07, 6.45) is 0.00411. The third-order valence-electron chi connectivity index (χ3n) is 3.50. The zero-order chi connectivity index (χ0) is 15.8. The first-order chi connectivity index (χ1) is 9.73. The van der Waals surface area contributed by atoms with Crippen LogP contribution in [0.2, 0.25) is 0 Å². The highest BCUT2D eigenvalue weighted by Crippen LogP contribution is 2.31. The van der Waals surface area contributed by atoms with Gasteiger partial charge in [-0.1, -0.05) is 0 Å². The van der Waals surface area contributed by atoms with E-state index < -0.39 is 16.1 Å². The van der Waals surface area contributed by atoms with Gasteiger partial charge in [0.05, 0.1) is 17.4 Å². The maximum Gasteiger partial charge on any atom is 0.242 e. The highest BCUT2D eigenvalue weighted by atomic mass is 32.2. The molecular formula is C14H20N2O4S. The van der Waals surface area contributed by atoms with Crippen molar-refractivity contribution in [2.24, 2.45) is 0 Å². The zero-order valence-corrected chi connectivity index (χ0v) is 13.2. The highest BCUT2D eigenvalue weighted by Gasteiger charge is 2.27. The first-order valence-electron chi connectivity index (χ1n) is 6.77. The number of aliphatic hydroxyl groups is 1. The third kappa shape index (κ3) is 3.09. The minimum atomic E-state index is -3.47. The van der Waals surface area contributed by atoms with Gasteiger partial charge in [0.15, 0.2) is 0 Å². The summed E-state index contributed by atoms with van der Waals surface area (Å²) in [5.41, 5.74) is 1.58. The van der Waals surface area contributed by atoms with Gasteiger partial charge in [0.25, 0.3) is 0 Å². The topological polar surface area (TPSA) is 77.9 Å². The van der Waals surface area contributed by atoms with Crippen LogP contribution in [0.5, 0.6) is 0 Å². The van der Waals surface area contributed by atoms with Crippen LogP contribution in [-0.2, 0) is 21.2 Å². The molecule has 1 unspecified atom stereocenters. The predicted molar refractivity (Wildman–Crippen MR) is 79.7 cm³/mol. The minimum Gasteiger partial charge on any atom is -0.393 e. The Hall–Kier alpha value is -1.44. The van der Waals surface area contributed by atoms with Crippen molar-refractivity contribution >= 4 is 21.6 Å². The number of benzene rings is 1. The van der Waals surface area contributed by atoms with Gasteiger partial charge in [-0.25, -0.2) is 12.7 Å². The Morgan fingerprint density at radius 2 is 2.10 bits per heavy atom. The number of amides is 1. The molecule has 1 atom stereocenters. The maximum atomic E-state index is 12.1. The largest absolute Gasteiger partial charge is 0.393 e. The maximum absolute atomic E-state index is 12.1. The number of anilines is 1. The normalized spacial score (nSPS) is 16.1. The Morgan fingerprint density at radius 3 is 2.67 bits per heavy atom. The summed E-state index contributed by atoms with van der Waals surface area (Å²) in [5, 5.41) is 9.31. The van der Waals surface area contributed by atoms with Gasteiger partial charge in [-0.05, 0) is 37.1 Å². The Morgan fingerprint density at radius 1 is 1.43 bits per heavy atom. The number of hydrogen-bond acceptors (Lipinski definition) is 4. The van der Waals surface area contributed by atoms with Crippen LogP contribution in [0.3, 0.4) is 0 Å². The van der Waals surface area contributed by atoms with Crippen molar-refractivity contribution in [3.63, 3.8) is 0 Å². The smallest absolute Gasteiger partial charge is 0.242 e. The molecule has 1 aliphatic rings. The molecule has 0 aliphatic carbocycles. The van der Waals surface area contributed by atoms with Crippen molar-refractivity contribution in [1.29, 1.82) is 0 Å². The van der Waals surface area contributed by atoms with Crippen LogP contribution < -0.4 is 4.90 Å². The van der Waals surface area contributed by atoms with Crippen molar-refractivity contribution in [3.8, 4) is 0 Å². The number of carbonyl (C=O) groups excluding carboxylic acids is 1. The van der Waals surface area contributed by atoms with E-state index in [-0.39, 0.29) is 17.2 Å². The van der Waals surface area contributed by atoms with Crippen LogP contribution in [0.25, 0.3) is 0 Å². The summed E-state index contributed by atoms with van der Waals surface area (Å²) >= 11 is 0. The molecule has 0 aromatic heterocycles. The molecule has 1 heterocycles. The molecule has 1 amide bonds. The Bertz CT molecular complexity index is 653. The van der Waals surface area contributed by atoms with Crippen LogP contribution in [0.1, 0.15) is 18.9 Å². The molecule has 1 N–H and O–H groups in total. The molecule has 1 aliphatic heterocycles. The molecule has 1 aromatic carbocycles. The van der Waals surface area contributed by atoms with Gasteiger partial charge in [0.1, 0.15) is 0 Å². The molecule has 7 heteroatoms. The van der Waals surface area contributed by atoms with E-state index in [1.165, 1.54) is 24.5 Å². The number of sulfonamides is 1. The molecule has 0 spiro atoms.